The standard InChI is InChI=1S/C11H14OS2/c12-10-6-13-8-11(14-7-10)9-4-2-1-3-5-9/h4,8H,1-3,5-7H2. The van der Waals surface area contributed by atoms with E-state index in [0.29, 0.717) is 17.3 Å². The van der Waals surface area contributed by atoms with Crippen LogP contribution in [0.25, 0.3) is 0 Å². The van der Waals surface area contributed by atoms with Crippen molar-refractivity contribution >= 4 is 29.3 Å². The number of carbonyl (C=O) groups is 1. The van der Waals surface area contributed by atoms with Gasteiger partial charge in [-0.1, -0.05) is 6.08 Å². The van der Waals surface area contributed by atoms with Crippen LogP contribution in [-0.4, -0.2) is 17.3 Å². The highest BCUT2D eigenvalue weighted by Crippen LogP contribution is 2.34. The molecule has 0 saturated carbocycles. The molecule has 1 heterocycles. The van der Waals surface area contributed by atoms with Gasteiger partial charge in [0.1, 0.15) is 0 Å². The van der Waals surface area contributed by atoms with Crippen molar-refractivity contribution in [3.63, 3.8) is 0 Å². The molecule has 76 valence electrons. The highest BCUT2D eigenvalue weighted by atomic mass is 32.2. The number of hydrogen-bond donors (Lipinski definition) is 0. The first kappa shape index (κ1) is 10.4. The lowest BCUT2D eigenvalue weighted by Gasteiger charge is -2.14. The smallest absolute Gasteiger partial charge is 0.153 e. The molecule has 14 heavy (non-hydrogen) atoms. The minimum Gasteiger partial charge on any atom is -0.298 e. The van der Waals surface area contributed by atoms with Gasteiger partial charge in [-0.2, -0.15) is 0 Å². The van der Waals surface area contributed by atoms with Gasteiger partial charge in [-0.25, -0.2) is 0 Å². The maximum Gasteiger partial charge on any atom is 0.153 e. The van der Waals surface area contributed by atoms with Gasteiger partial charge in [0.2, 0.25) is 0 Å². The van der Waals surface area contributed by atoms with Crippen molar-refractivity contribution in [2.45, 2.75) is 25.7 Å². The molecule has 0 spiro atoms. The molecule has 0 bridgehead atoms. The van der Waals surface area contributed by atoms with Crippen LogP contribution in [0.3, 0.4) is 0 Å². The fourth-order valence-electron chi connectivity index (χ4n) is 1.67. The highest BCUT2D eigenvalue weighted by molar-refractivity contribution is 8.08. The van der Waals surface area contributed by atoms with Gasteiger partial charge >= 0.3 is 0 Å². The van der Waals surface area contributed by atoms with Crippen LogP contribution in [0.15, 0.2) is 22.0 Å². The van der Waals surface area contributed by atoms with E-state index in [-0.39, 0.29) is 0 Å². The number of Topliss-reactive ketones (excluding diaryl/α,β-unsaturated/α-hetero) is 1. The number of hydrogen-bond acceptors (Lipinski definition) is 3. The first-order chi connectivity index (χ1) is 6.86. The molecule has 0 N–H and O–H groups in total. The number of carbonyl (C=O) groups excluding carboxylic acids is 1. The first-order valence-corrected chi connectivity index (χ1v) is 7.05. The molecule has 0 radical (unpaired) electrons. The number of ketones is 1. The van der Waals surface area contributed by atoms with E-state index < -0.39 is 0 Å². The summed E-state index contributed by atoms with van der Waals surface area (Å²) in [4.78, 5) is 12.6. The Balaban J connectivity index is 2.05. The zero-order valence-electron chi connectivity index (χ0n) is 8.12. The average molecular weight is 226 g/mol. The lowest BCUT2D eigenvalue weighted by atomic mass is 10.00. The molecule has 1 aliphatic heterocycles. The van der Waals surface area contributed by atoms with Gasteiger partial charge in [-0.15, -0.1) is 23.5 Å². The van der Waals surface area contributed by atoms with E-state index in [1.54, 1.807) is 23.5 Å². The molecule has 1 aliphatic carbocycles. The summed E-state index contributed by atoms with van der Waals surface area (Å²) in [6, 6.07) is 0. The predicted octanol–water partition coefficient (Wildman–Crippen LogP) is 3.38. The van der Waals surface area contributed by atoms with Gasteiger partial charge in [-0.05, 0) is 36.7 Å². The Bertz CT molecular complexity index is 292. The third kappa shape index (κ3) is 2.67. The molecule has 0 aromatic heterocycles. The van der Waals surface area contributed by atoms with Crippen molar-refractivity contribution in [3.05, 3.63) is 22.0 Å². The Morgan fingerprint density at radius 1 is 1.21 bits per heavy atom. The predicted molar refractivity (Wildman–Crippen MR) is 64.6 cm³/mol. The molecule has 0 aromatic carbocycles. The number of thioether (sulfide) groups is 2. The summed E-state index contributed by atoms with van der Waals surface area (Å²) in [5.74, 6) is 1.68. The summed E-state index contributed by atoms with van der Waals surface area (Å²) in [7, 11) is 0. The molecule has 0 unspecified atom stereocenters. The van der Waals surface area contributed by atoms with E-state index in [1.165, 1.54) is 36.2 Å². The van der Waals surface area contributed by atoms with E-state index in [1.807, 2.05) is 0 Å². The van der Waals surface area contributed by atoms with Crippen molar-refractivity contribution in [1.29, 1.82) is 0 Å². The summed E-state index contributed by atoms with van der Waals surface area (Å²) in [6.45, 7) is 0. The SMILES string of the molecule is O=C1CSC=C(C2=CCCCC2)SC1. The molecule has 0 fully saturated rings. The van der Waals surface area contributed by atoms with E-state index >= 15 is 0 Å². The second-order valence-corrected chi connectivity index (χ2v) is 5.47. The molecule has 2 aliphatic rings. The molecule has 3 heteroatoms. The van der Waals surface area contributed by atoms with Crippen molar-refractivity contribution in [2.24, 2.45) is 0 Å². The number of rotatable bonds is 1. The Labute approximate surface area is 93.4 Å². The van der Waals surface area contributed by atoms with Crippen LogP contribution in [0.4, 0.5) is 0 Å². The number of allylic oxidation sites excluding steroid dienone is 2. The average Bonchev–Trinajstić information content (AvgIpc) is 2.44. The minimum atomic E-state index is 0.364. The fraction of sp³-hybridized carbons (Fsp3) is 0.545. The summed E-state index contributed by atoms with van der Waals surface area (Å²) < 4.78 is 0. The second kappa shape index (κ2) is 5.08. The largest absolute Gasteiger partial charge is 0.298 e. The molecular weight excluding hydrogens is 212 g/mol. The van der Waals surface area contributed by atoms with Crippen LogP contribution in [-0.2, 0) is 4.79 Å². The van der Waals surface area contributed by atoms with E-state index in [9.17, 15) is 4.79 Å². The summed E-state index contributed by atoms with van der Waals surface area (Å²) >= 11 is 3.37. The van der Waals surface area contributed by atoms with Crippen molar-refractivity contribution in [2.75, 3.05) is 11.5 Å². The van der Waals surface area contributed by atoms with Gasteiger partial charge in [0.05, 0.1) is 11.5 Å². The molecule has 1 nitrogen and oxygen atoms in total. The van der Waals surface area contributed by atoms with Crippen LogP contribution in [0, 0.1) is 0 Å². The van der Waals surface area contributed by atoms with Crippen LogP contribution in [0.5, 0.6) is 0 Å². The zero-order chi connectivity index (χ0) is 9.80. The lowest BCUT2D eigenvalue weighted by Crippen LogP contribution is -2.02. The molecule has 0 atom stereocenters. The lowest BCUT2D eigenvalue weighted by molar-refractivity contribution is -0.114. The third-order valence-electron chi connectivity index (χ3n) is 2.43. The van der Waals surface area contributed by atoms with E-state index in [4.69, 9.17) is 0 Å². The van der Waals surface area contributed by atoms with Gasteiger partial charge in [0.25, 0.3) is 0 Å². The van der Waals surface area contributed by atoms with Gasteiger partial charge in [0, 0.05) is 4.91 Å². The normalized spacial score (nSPS) is 23.9. The third-order valence-corrected chi connectivity index (χ3v) is 4.63. The van der Waals surface area contributed by atoms with Crippen LogP contribution >= 0.6 is 23.5 Å². The quantitative estimate of drug-likeness (QED) is 0.682. The van der Waals surface area contributed by atoms with Crippen LogP contribution < -0.4 is 0 Å². The molecule has 2 rings (SSSR count). The van der Waals surface area contributed by atoms with Crippen LogP contribution in [0.1, 0.15) is 25.7 Å². The maximum absolute atomic E-state index is 11.2. The summed E-state index contributed by atoms with van der Waals surface area (Å²) in [5.41, 5.74) is 1.48. The topological polar surface area (TPSA) is 17.1 Å². The van der Waals surface area contributed by atoms with Crippen LogP contribution in [0.2, 0.25) is 0 Å². The Morgan fingerprint density at radius 2 is 2.14 bits per heavy atom. The van der Waals surface area contributed by atoms with Crippen molar-refractivity contribution in [3.8, 4) is 0 Å². The fourth-order valence-corrected chi connectivity index (χ4v) is 3.74. The molecule has 0 aromatic rings. The van der Waals surface area contributed by atoms with Gasteiger partial charge in [-0.3, -0.25) is 4.79 Å². The second-order valence-electron chi connectivity index (χ2n) is 3.60. The first-order valence-electron chi connectivity index (χ1n) is 5.02. The highest BCUT2D eigenvalue weighted by Gasteiger charge is 2.14. The Morgan fingerprint density at radius 3 is 2.93 bits per heavy atom. The molecular formula is C11H14OS2. The van der Waals surface area contributed by atoms with Gasteiger partial charge in [0.15, 0.2) is 5.78 Å². The van der Waals surface area contributed by atoms with Crippen molar-refractivity contribution < 1.29 is 4.79 Å². The zero-order valence-corrected chi connectivity index (χ0v) is 9.76. The Kier molecular flexibility index (Phi) is 3.76. The summed E-state index contributed by atoms with van der Waals surface area (Å²) in [6.07, 6.45) is 7.40. The molecule has 0 amide bonds. The van der Waals surface area contributed by atoms with Gasteiger partial charge < -0.3 is 0 Å². The monoisotopic (exact) mass is 226 g/mol. The summed E-state index contributed by atoms with van der Waals surface area (Å²) in [5, 5.41) is 2.17. The Hall–Kier alpha value is -0.150. The maximum atomic E-state index is 11.2. The van der Waals surface area contributed by atoms with E-state index in [0.717, 1.165) is 0 Å². The van der Waals surface area contributed by atoms with E-state index in [2.05, 4.69) is 11.5 Å². The van der Waals surface area contributed by atoms with Crippen molar-refractivity contribution in [1.82, 2.24) is 0 Å². The molecule has 0 saturated heterocycles. The minimum absolute atomic E-state index is 0.364.